The van der Waals surface area contributed by atoms with Crippen LogP contribution >= 0.6 is 0 Å². The van der Waals surface area contributed by atoms with Gasteiger partial charge in [0, 0.05) is 11.8 Å². The highest BCUT2D eigenvalue weighted by Crippen LogP contribution is 2.10. The highest BCUT2D eigenvalue weighted by atomic mass is 15.2. The molecule has 3 aromatic rings. The molecule has 0 atom stereocenters. The van der Waals surface area contributed by atoms with E-state index in [9.17, 15) is 0 Å². The molecule has 7 nitrogen and oxygen atoms in total. The van der Waals surface area contributed by atoms with Crippen molar-refractivity contribution in [3.8, 4) is 11.4 Å². The average Bonchev–Trinajstić information content (AvgIpc) is 2.51. The molecular formula is C12H11N7. The van der Waals surface area contributed by atoms with Gasteiger partial charge in [-0.2, -0.15) is 10.2 Å². The van der Waals surface area contributed by atoms with Gasteiger partial charge in [0.15, 0.2) is 5.82 Å². The molecule has 0 aliphatic rings. The maximum atomic E-state index is 5.07. The van der Waals surface area contributed by atoms with Crippen molar-refractivity contribution >= 4 is 5.95 Å². The number of nitrogens with two attached hydrogens (primary N) is 1. The summed E-state index contributed by atoms with van der Waals surface area (Å²) in [5.41, 5.74) is 6.06. The van der Waals surface area contributed by atoms with Gasteiger partial charge in [0.1, 0.15) is 0 Å². The van der Waals surface area contributed by atoms with Gasteiger partial charge in [0.2, 0.25) is 5.95 Å². The Morgan fingerprint density at radius 1 is 0.737 bits per heavy atom. The van der Waals surface area contributed by atoms with E-state index in [4.69, 9.17) is 5.73 Å². The quantitative estimate of drug-likeness (QED) is 0.689. The normalized spacial score (nSPS) is 9.26. The van der Waals surface area contributed by atoms with Crippen LogP contribution in [-0.2, 0) is 0 Å². The summed E-state index contributed by atoms with van der Waals surface area (Å²) < 4.78 is 0. The second-order valence-corrected chi connectivity index (χ2v) is 3.33. The molecule has 0 saturated heterocycles. The van der Waals surface area contributed by atoms with E-state index >= 15 is 0 Å². The minimum Gasteiger partial charge on any atom is -0.366 e. The number of hydrogen-bond donors (Lipinski definition) is 1. The van der Waals surface area contributed by atoms with Crippen LogP contribution in [0.25, 0.3) is 11.4 Å². The van der Waals surface area contributed by atoms with Gasteiger partial charge in [-0.1, -0.05) is 30.3 Å². The van der Waals surface area contributed by atoms with Crippen molar-refractivity contribution in [1.29, 1.82) is 0 Å². The van der Waals surface area contributed by atoms with Crippen LogP contribution in [0, 0.1) is 0 Å². The fraction of sp³-hybridized carbons (Fsp3) is 0. The molecule has 2 heterocycles. The van der Waals surface area contributed by atoms with E-state index in [0.29, 0.717) is 5.82 Å². The molecule has 0 amide bonds. The zero-order chi connectivity index (χ0) is 13.3. The Morgan fingerprint density at radius 3 is 1.89 bits per heavy atom. The van der Waals surface area contributed by atoms with Gasteiger partial charge in [-0.25, -0.2) is 9.97 Å². The SMILES string of the molecule is Nc1nccnn1.c1ccc(-c2nccnn2)cc1. The van der Waals surface area contributed by atoms with Gasteiger partial charge >= 0.3 is 0 Å². The number of hydrogen-bond acceptors (Lipinski definition) is 7. The molecule has 3 rings (SSSR count). The molecular weight excluding hydrogens is 242 g/mol. The molecule has 0 unspecified atom stereocenters. The summed E-state index contributed by atoms with van der Waals surface area (Å²) in [6.07, 6.45) is 6.15. The lowest BCUT2D eigenvalue weighted by molar-refractivity contribution is 0.980. The molecule has 2 N–H and O–H groups in total. The van der Waals surface area contributed by atoms with Crippen LogP contribution in [0.1, 0.15) is 0 Å². The minimum atomic E-state index is 0.211. The second kappa shape index (κ2) is 6.70. The first-order valence-corrected chi connectivity index (χ1v) is 5.44. The second-order valence-electron chi connectivity index (χ2n) is 3.33. The summed E-state index contributed by atoms with van der Waals surface area (Å²) in [6.45, 7) is 0. The predicted octanol–water partition coefficient (Wildman–Crippen LogP) is 0.992. The van der Waals surface area contributed by atoms with Gasteiger partial charge in [-0.3, -0.25) is 0 Å². The Kier molecular flexibility index (Phi) is 4.40. The van der Waals surface area contributed by atoms with Gasteiger partial charge < -0.3 is 5.73 Å². The molecule has 94 valence electrons. The largest absolute Gasteiger partial charge is 0.366 e. The number of nitrogen functional groups attached to an aromatic ring is 1. The Hall–Kier alpha value is -2.96. The average molecular weight is 253 g/mol. The zero-order valence-electron chi connectivity index (χ0n) is 9.96. The van der Waals surface area contributed by atoms with Gasteiger partial charge in [-0.05, 0) is 0 Å². The Balaban J connectivity index is 0.000000163. The van der Waals surface area contributed by atoms with Crippen LogP contribution < -0.4 is 5.73 Å². The fourth-order valence-corrected chi connectivity index (χ4v) is 1.22. The van der Waals surface area contributed by atoms with Crippen LogP contribution in [0.4, 0.5) is 5.95 Å². The number of aromatic nitrogens is 6. The van der Waals surface area contributed by atoms with E-state index in [0.717, 1.165) is 5.56 Å². The molecule has 0 fully saturated rings. The topological polar surface area (TPSA) is 103 Å². The summed E-state index contributed by atoms with van der Waals surface area (Å²) >= 11 is 0. The molecule has 1 aromatic carbocycles. The van der Waals surface area contributed by atoms with E-state index in [1.165, 1.54) is 12.4 Å². The lowest BCUT2D eigenvalue weighted by Crippen LogP contribution is -1.93. The molecule has 0 radical (unpaired) electrons. The van der Waals surface area contributed by atoms with Crippen LogP contribution in [0.5, 0.6) is 0 Å². The predicted molar refractivity (Wildman–Crippen MR) is 69.5 cm³/mol. The molecule has 2 aromatic heterocycles. The van der Waals surface area contributed by atoms with E-state index in [1.54, 1.807) is 12.4 Å². The summed E-state index contributed by atoms with van der Waals surface area (Å²) in [5, 5.41) is 14.5. The standard InChI is InChI=1S/C9H7N3.C3H4N4/c1-2-4-8(5-3-1)9-10-6-7-11-12-9;4-3-5-1-2-6-7-3/h1-7H;1-2H,(H2,4,5,7). The van der Waals surface area contributed by atoms with Crippen LogP contribution in [0.15, 0.2) is 55.1 Å². The molecule has 19 heavy (non-hydrogen) atoms. The van der Waals surface area contributed by atoms with Crippen LogP contribution in [0.3, 0.4) is 0 Å². The van der Waals surface area contributed by atoms with E-state index < -0.39 is 0 Å². The zero-order valence-corrected chi connectivity index (χ0v) is 9.96. The van der Waals surface area contributed by atoms with Crippen molar-refractivity contribution in [3.63, 3.8) is 0 Å². The van der Waals surface area contributed by atoms with E-state index in [2.05, 4.69) is 30.4 Å². The summed E-state index contributed by atoms with van der Waals surface area (Å²) in [4.78, 5) is 7.66. The third-order valence-corrected chi connectivity index (χ3v) is 2.01. The summed E-state index contributed by atoms with van der Waals surface area (Å²) in [6, 6.07) is 9.77. The molecule has 0 saturated carbocycles. The monoisotopic (exact) mass is 253 g/mol. The Labute approximate surface area is 109 Å². The van der Waals surface area contributed by atoms with Gasteiger partial charge in [0.25, 0.3) is 0 Å². The number of rotatable bonds is 1. The van der Waals surface area contributed by atoms with E-state index in [-0.39, 0.29) is 5.95 Å². The number of benzene rings is 1. The maximum absolute atomic E-state index is 5.07. The van der Waals surface area contributed by atoms with Gasteiger partial charge in [-0.15, -0.1) is 10.2 Å². The smallest absolute Gasteiger partial charge is 0.240 e. The molecule has 0 aliphatic heterocycles. The minimum absolute atomic E-state index is 0.211. The highest BCUT2D eigenvalue weighted by molar-refractivity contribution is 5.53. The fourth-order valence-electron chi connectivity index (χ4n) is 1.22. The van der Waals surface area contributed by atoms with Crippen molar-refractivity contribution in [2.45, 2.75) is 0 Å². The highest BCUT2D eigenvalue weighted by Gasteiger charge is 1.96. The first-order valence-electron chi connectivity index (χ1n) is 5.44. The van der Waals surface area contributed by atoms with Crippen molar-refractivity contribution in [2.75, 3.05) is 5.73 Å². The molecule has 0 spiro atoms. The van der Waals surface area contributed by atoms with Crippen LogP contribution in [0.2, 0.25) is 0 Å². The lowest BCUT2D eigenvalue weighted by Gasteiger charge is -1.95. The van der Waals surface area contributed by atoms with Crippen LogP contribution in [-0.4, -0.2) is 30.4 Å². The third kappa shape index (κ3) is 4.08. The van der Waals surface area contributed by atoms with Gasteiger partial charge in [0.05, 0.1) is 18.6 Å². The third-order valence-electron chi connectivity index (χ3n) is 2.01. The summed E-state index contributed by atoms with van der Waals surface area (Å²) in [5.74, 6) is 0.876. The lowest BCUT2D eigenvalue weighted by atomic mass is 10.2. The van der Waals surface area contributed by atoms with Crippen molar-refractivity contribution in [1.82, 2.24) is 30.4 Å². The first-order chi connectivity index (χ1) is 9.36. The Bertz CT molecular complexity index is 549. The number of anilines is 1. The van der Waals surface area contributed by atoms with E-state index in [1.807, 2.05) is 30.3 Å². The number of nitrogens with zero attached hydrogens (tertiary/aromatic N) is 6. The maximum Gasteiger partial charge on any atom is 0.240 e. The van der Waals surface area contributed by atoms with Crippen molar-refractivity contribution in [3.05, 3.63) is 55.1 Å². The molecule has 7 heteroatoms. The first kappa shape index (κ1) is 12.5. The summed E-state index contributed by atoms with van der Waals surface area (Å²) in [7, 11) is 0. The van der Waals surface area contributed by atoms with Crippen molar-refractivity contribution < 1.29 is 0 Å². The van der Waals surface area contributed by atoms with Crippen molar-refractivity contribution in [2.24, 2.45) is 0 Å². The molecule has 0 bridgehead atoms. The Morgan fingerprint density at radius 2 is 1.42 bits per heavy atom. The molecule has 0 aliphatic carbocycles.